The van der Waals surface area contributed by atoms with Crippen LogP contribution in [-0.2, 0) is 16.1 Å². The van der Waals surface area contributed by atoms with Crippen molar-refractivity contribution in [1.29, 1.82) is 5.26 Å². The lowest BCUT2D eigenvalue weighted by Crippen LogP contribution is -2.07. The molecule has 2 aromatic carbocycles. The lowest BCUT2D eigenvalue weighted by Gasteiger charge is -2.03. The summed E-state index contributed by atoms with van der Waals surface area (Å²) in [6, 6.07) is 16.7. The first-order valence-electron chi connectivity index (χ1n) is 8.66. The van der Waals surface area contributed by atoms with E-state index in [-0.39, 0.29) is 19.0 Å². The minimum Gasteiger partial charge on any atom is -0.455 e. The molecule has 4 rings (SSSR count). The van der Waals surface area contributed by atoms with E-state index in [1.54, 1.807) is 23.6 Å². The highest BCUT2D eigenvalue weighted by atomic mass is 32.1. The average molecular weight is 405 g/mol. The number of thiazole rings is 1. The van der Waals surface area contributed by atoms with Gasteiger partial charge in [-0.1, -0.05) is 24.3 Å². The molecule has 0 spiro atoms. The van der Waals surface area contributed by atoms with Crippen LogP contribution in [0.1, 0.15) is 11.3 Å². The van der Waals surface area contributed by atoms with E-state index in [0.29, 0.717) is 27.9 Å². The molecule has 0 aliphatic carbocycles. The van der Waals surface area contributed by atoms with Crippen molar-refractivity contribution in [2.24, 2.45) is 0 Å². The molecule has 0 radical (unpaired) electrons. The van der Waals surface area contributed by atoms with Crippen LogP contribution in [0.4, 0.5) is 10.8 Å². The van der Waals surface area contributed by atoms with Crippen LogP contribution < -0.4 is 14.8 Å². The largest absolute Gasteiger partial charge is 0.455 e. The van der Waals surface area contributed by atoms with Gasteiger partial charge in [0.1, 0.15) is 18.2 Å². The Bertz CT molecular complexity index is 1100. The zero-order valence-corrected chi connectivity index (χ0v) is 15.9. The molecule has 0 amide bonds. The van der Waals surface area contributed by atoms with Gasteiger partial charge >= 0.3 is 5.97 Å². The van der Waals surface area contributed by atoms with Gasteiger partial charge in [-0.2, -0.15) is 5.26 Å². The van der Waals surface area contributed by atoms with E-state index in [0.717, 1.165) is 5.69 Å². The number of hydrogen-bond acceptors (Lipinski definition) is 8. The fraction of sp³-hybridized carbons (Fsp3) is 0.0952. The van der Waals surface area contributed by atoms with Crippen LogP contribution in [0.25, 0.3) is 6.08 Å². The highest BCUT2D eigenvalue weighted by Crippen LogP contribution is 2.33. The molecule has 144 valence electrons. The maximum absolute atomic E-state index is 12.3. The van der Waals surface area contributed by atoms with Gasteiger partial charge in [0.25, 0.3) is 0 Å². The normalized spacial score (nSPS) is 12.3. The third-order valence-corrected chi connectivity index (χ3v) is 4.78. The summed E-state index contributed by atoms with van der Waals surface area (Å²) in [7, 11) is 0. The standard InChI is InChI=1S/C21H15N3O4S/c22-10-15(8-14-6-7-18-19(9-14)28-13-27-18)20(25)26-11-17-12-29-21(24-17)23-16-4-2-1-3-5-16/h1-9,12H,11,13H2,(H,23,24)/b15-8-. The van der Waals surface area contributed by atoms with Crippen molar-refractivity contribution < 1.29 is 19.0 Å². The second-order valence-electron chi connectivity index (χ2n) is 5.99. The Kier molecular flexibility index (Phi) is 5.40. The Morgan fingerprint density at radius 1 is 1.24 bits per heavy atom. The highest BCUT2D eigenvalue weighted by Gasteiger charge is 2.15. The number of aromatic nitrogens is 1. The number of rotatable bonds is 6. The summed E-state index contributed by atoms with van der Waals surface area (Å²) < 4.78 is 15.8. The van der Waals surface area contributed by atoms with Gasteiger partial charge in [0.15, 0.2) is 16.6 Å². The smallest absolute Gasteiger partial charge is 0.349 e. The van der Waals surface area contributed by atoms with E-state index in [2.05, 4.69) is 10.3 Å². The van der Waals surface area contributed by atoms with Crippen LogP contribution in [-0.4, -0.2) is 17.7 Å². The highest BCUT2D eigenvalue weighted by molar-refractivity contribution is 7.13. The molecule has 0 fully saturated rings. The summed E-state index contributed by atoms with van der Waals surface area (Å²) in [4.78, 5) is 16.7. The third kappa shape index (κ3) is 4.54. The zero-order valence-electron chi connectivity index (χ0n) is 15.1. The van der Waals surface area contributed by atoms with Crippen molar-refractivity contribution in [2.75, 3.05) is 12.1 Å². The first-order valence-corrected chi connectivity index (χ1v) is 9.54. The number of esters is 1. The zero-order chi connectivity index (χ0) is 20.1. The molecule has 1 aromatic heterocycles. The molecule has 1 aliphatic rings. The number of para-hydroxylation sites is 1. The Labute approximate surface area is 170 Å². The summed E-state index contributed by atoms with van der Waals surface area (Å²) >= 11 is 1.41. The Hall–Kier alpha value is -3.83. The van der Waals surface area contributed by atoms with E-state index >= 15 is 0 Å². The predicted octanol–water partition coefficient (Wildman–Crippen LogP) is 4.27. The fourth-order valence-corrected chi connectivity index (χ4v) is 3.31. The number of fused-ring (bicyclic) bond motifs is 1. The van der Waals surface area contributed by atoms with Crippen LogP contribution in [0.5, 0.6) is 11.5 Å². The van der Waals surface area contributed by atoms with Gasteiger partial charge in [-0.05, 0) is 35.9 Å². The number of hydrogen-bond donors (Lipinski definition) is 1. The topological polar surface area (TPSA) is 93.5 Å². The van der Waals surface area contributed by atoms with E-state index < -0.39 is 5.97 Å². The summed E-state index contributed by atoms with van der Waals surface area (Å²) in [5.74, 6) is 0.493. The maximum Gasteiger partial charge on any atom is 0.349 e. The van der Waals surface area contributed by atoms with E-state index in [9.17, 15) is 10.1 Å². The van der Waals surface area contributed by atoms with Gasteiger partial charge in [-0.25, -0.2) is 9.78 Å². The number of carbonyl (C=O) groups excluding carboxylic acids is 1. The van der Waals surface area contributed by atoms with Gasteiger partial charge < -0.3 is 19.5 Å². The summed E-state index contributed by atoms with van der Waals surface area (Å²) in [5, 5.41) is 15.0. The lowest BCUT2D eigenvalue weighted by atomic mass is 10.1. The number of nitrogens with zero attached hydrogens (tertiary/aromatic N) is 2. The molecule has 0 saturated carbocycles. The summed E-state index contributed by atoms with van der Waals surface area (Å²) in [6.07, 6.45) is 1.45. The first kappa shape index (κ1) is 18.5. The number of benzene rings is 2. The lowest BCUT2D eigenvalue weighted by molar-refractivity contribution is -0.139. The van der Waals surface area contributed by atoms with Crippen molar-refractivity contribution in [3.8, 4) is 17.6 Å². The number of anilines is 2. The van der Waals surface area contributed by atoms with Crippen molar-refractivity contribution in [2.45, 2.75) is 6.61 Å². The number of ether oxygens (including phenoxy) is 3. The van der Waals surface area contributed by atoms with Gasteiger partial charge in [-0.3, -0.25) is 0 Å². The van der Waals surface area contributed by atoms with Gasteiger partial charge in [0, 0.05) is 11.1 Å². The van der Waals surface area contributed by atoms with E-state index in [1.807, 2.05) is 36.4 Å². The molecule has 0 saturated heterocycles. The minimum atomic E-state index is -0.712. The van der Waals surface area contributed by atoms with Crippen molar-refractivity contribution >= 4 is 34.2 Å². The van der Waals surface area contributed by atoms with Crippen LogP contribution in [0.3, 0.4) is 0 Å². The average Bonchev–Trinajstić information content (AvgIpc) is 3.40. The van der Waals surface area contributed by atoms with Crippen LogP contribution in [0.15, 0.2) is 59.5 Å². The molecular formula is C21H15N3O4S. The Morgan fingerprint density at radius 3 is 2.90 bits per heavy atom. The molecular weight excluding hydrogens is 390 g/mol. The van der Waals surface area contributed by atoms with Gasteiger partial charge in [0.2, 0.25) is 6.79 Å². The summed E-state index contributed by atoms with van der Waals surface area (Å²) in [6.45, 7) is 0.135. The van der Waals surface area contributed by atoms with E-state index in [4.69, 9.17) is 14.2 Å². The molecule has 0 atom stereocenters. The van der Waals surface area contributed by atoms with Crippen molar-refractivity contribution in [3.63, 3.8) is 0 Å². The van der Waals surface area contributed by atoms with Crippen LogP contribution in [0.2, 0.25) is 0 Å². The quantitative estimate of drug-likeness (QED) is 0.372. The molecule has 1 aliphatic heterocycles. The number of nitrogens with one attached hydrogen (secondary N) is 1. The van der Waals surface area contributed by atoms with Crippen molar-refractivity contribution in [1.82, 2.24) is 4.98 Å². The first-order chi connectivity index (χ1) is 14.2. The van der Waals surface area contributed by atoms with Crippen molar-refractivity contribution in [3.05, 3.63) is 70.7 Å². The molecule has 0 bridgehead atoms. The number of carbonyl (C=O) groups is 1. The molecule has 0 unspecified atom stereocenters. The molecule has 2 heterocycles. The van der Waals surface area contributed by atoms with Gasteiger partial charge in [-0.15, -0.1) is 11.3 Å². The molecule has 8 heteroatoms. The van der Waals surface area contributed by atoms with Crippen LogP contribution >= 0.6 is 11.3 Å². The Morgan fingerprint density at radius 2 is 2.07 bits per heavy atom. The van der Waals surface area contributed by atoms with Crippen LogP contribution in [0, 0.1) is 11.3 Å². The molecule has 1 N–H and O–H groups in total. The van der Waals surface area contributed by atoms with E-state index in [1.165, 1.54) is 17.4 Å². The predicted molar refractivity (Wildman–Crippen MR) is 108 cm³/mol. The second kappa shape index (κ2) is 8.46. The molecule has 29 heavy (non-hydrogen) atoms. The maximum atomic E-state index is 12.3. The molecule has 3 aromatic rings. The minimum absolute atomic E-state index is 0.0219. The fourth-order valence-electron chi connectivity index (χ4n) is 2.60. The monoisotopic (exact) mass is 405 g/mol. The molecule has 7 nitrogen and oxygen atoms in total. The Balaban J connectivity index is 1.38. The third-order valence-electron chi connectivity index (χ3n) is 3.98. The summed E-state index contributed by atoms with van der Waals surface area (Å²) in [5.41, 5.74) is 2.05. The SMILES string of the molecule is N#C/C(=C/c1ccc2c(c1)OCO2)C(=O)OCc1csc(Nc2ccccc2)n1. The second-order valence-corrected chi connectivity index (χ2v) is 6.85. The van der Waals surface area contributed by atoms with Gasteiger partial charge in [0.05, 0.1) is 5.69 Å². The number of nitriles is 1.